The van der Waals surface area contributed by atoms with Crippen molar-refractivity contribution in [2.75, 3.05) is 0 Å². The van der Waals surface area contributed by atoms with Crippen LogP contribution in [-0.4, -0.2) is 42.9 Å². The molecule has 1 amide bonds. The lowest BCUT2D eigenvalue weighted by atomic mass is 9.96. The smallest absolute Gasteiger partial charge is 0.331 e. The summed E-state index contributed by atoms with van der Waals surface area (Å²) >= 11 is 12.2. The summed E-state index contributed by atoms with van der Waals surface area (Å²) in [6.45, 7) is 0. The van der Waals surface area contributed by atoms with E-state index < -0.39 is 17.9 Å². The first-order chi connectivity index (χ1) is 13.9. The molecule has 2 aromatic rings. The maximum Gasteiger partial charge on any atom is 0.331 e. The Kier molecular flexibility index (Phi) is 5.79. The third kappa shape index (κ3) is 4.41. The van der Waals surface area contributed by atoms with Gasteiger partial charge >= 0.3 is 5.97 Å². The number of nitrogens with zero attached hydrogens (tertiary/aromatic N) is 4. The van der Waals surface area contributed by atoms with Crippen LogP contribution in [0.4, 0.5) is 0 Å². The Bertz CT molecular complexity index is 902. The van der Waals surface area contributed by atoms with Crippen LogP contribution in [0.1, 0.15) is 73.1 Å². The first-order valence-electron chi connectivity index (χ1n) is 9.87. The Morgan fingerprint density at radius 3 is 2.31 bits per heavy atom. The molecule has 1 atom stereocenters. The van der Waals surface area contributed by atoms with Crippen molar-refractivity contribution in [2.24, 2.45) is 0 Å². The van der Waals surface area contributed by atoms with E-state index >= 15 is 0 Å². The minimum atomic E-state index is -1.19. The summed E-state index contributed by atoms with van der Waals surface area (Å²) in [7, 11) is 0. The zero-order chi connectivity index (χ0) is 20.5. The fourth-order valence-electron chi connectivity index (χ4n) is 4.03. The van der Waals surface area contributed by atoms with Crippen LogP contribution in [0.2, 0.25) is 10.0 Å². The normalized spacial score (nSPS) is 18.4. The summed E-state index contributed by atoms with van der Waals surface area (Å²) in [6, 6.07) is 3.51. The van der Waals surface area contributed by atoms with Crippen molar-refractivity contribution in [3.63, 3.8) is 0 Å². The predicted molar refractivity (Wildman–Crippen MR) is 108 cm³/mol. The molecule has 2 fully saturated rings. The Labute approximate surface area is 178 Å². The van der Waals surface area contributed by atoms with Crippen molar-refractivity contribution in [3.05, 3.63) is 45.7 Å². The van der Waals surface area contributed by atoms with Crippen LogP contribution in [0.25, 0.3) is 0 Å². The van der Waals surface area contributed by atoms with Crippen molar-refractivity contribution in [1.82, 2.24) is 19.9 Å². The van der Waals surface area contributed by atoms with Crippen LogP contribution >= 0.6 is 23.2 Å². The van der Waals surface area contributed by atoms with E-state index in [1.165, 1.54) is 29.5 Å². The third-order valence-electron chi connectivity index (χ3n) is 5.57. The number of hydrogen-bond acceptors (Lipinski definition) is 4. The average Bonchev–Trinajstić information content (AvgIpc) is 3.40. The molecule has 9 heteroatoms. The molecule has 1 aromatic heterocycles. The fraction of sp³-hybridized carbons (Fsp3) is 0.500. The highest BCUT2D eigenvalue weighted by Gasteiger charge is 2.43. The molecule has 0 spiro atoms. The first-order valence-corrected chi connectivity index (χ1v) is 10.6. The summed E-state index contributed by atoms with van der Waals surface area (Å²) in [4.78, 5) is 26.8. The van der Waals surface area contributed by atoms with Gasteiger partial charge in [0.2, 0.25) is 0 Å². The SMILES string of the molecule is O=C(O)C(c1cc(Cl)cc(Cl)c1)N(C(=O)c1cn(C2CCCCC2)nn1)C1CC1. The highest BCUT2D eigenvalue weighted by atomic mass is 35.5. The highest BCUT2D eigenvalue weighted by molar-refractivity contribution is 6.34. The van der Waals surface area contributed by atoms with E-state index in [0.717, 1.165) is 38.5 Å². The standard InChI is InChI=1S/C20H22Cl2N4O3/c21-13-8-12(9-14(22)10-13)18(20(28)29)26(16-6-7-16)19(27)17-11-25(24-23-17)15-4-2-1-3-5-15/h8-11,15-16,18H,1-7H2,(H,28,29). The van der Waals surface area contributed by atoms with Gasteiger partial charge in [0.1, 0.15) is 0 Å². The van der Waals surface area contributed by atoms with Crippen LogP contribution in [0.15, 0.2) is 24.4 Å². The zero-order valence-electron chi connectivity index (χ0n) is 15.8. The maximum absolute atomic E-state index is 13.3. The number of amides is 1. The molecule has 2 aliphatic rings. The van der Waals surface area contributed by atoms with Gasteiger partial charge in [-0.1, -0.05) is 47.7 Å². The molecule has 0 bridgehead atoms. The molecule has 1 aromatic carbocycles. The van der Waals surface area contributed by atoms with Crippen LogP contribution in [0.3, 0.4) is 0 Å². The van der Waals surface area contributed by atoms with Gasteiger partial charge in [0.05, 0.1) is 12.2 Å². The topological polar surface area (TPSA) is 88.3 Å². The quantitative estimate of drug-likeness (QED) is 0.718. The van der Waals surface area contributed by atoms with Crippen LogP contribution in [0.5, 0.6) is 0 Å². The molecule has 7 nitrogen and oxygen atoms in total. The Balaban J connectivity index is 1.64. The summed E-state index contributed by atoms with van der Waals surface area (Å²) < 4.78 is 1.75. The fourth-order valence-corrected chi connectivity index (χ4v) is 4.58. The van der Waals surface area contributed by atoms with Gasteiger partial charge in [-0.3, -0.25) is 4.79 Å². The minimum Gasteiger partial charge on any atom is -0.479 e. The number of carboxylic acids is 1. The van der Waals surface area contributed by atoms with Crippen molar-refractivity contribution in [2.45, 2.75) is 63.1 Å². The predicted octanol–water partition coefficient (Wildman–Crippen LogP) is 4.52. The van der Waals surface area contributed by atoms with Gasteiger partial charge in [-0.15, -0.1) is 5.10 Å². The second kappa shape index (κ2) is 8.32. The second-order valence-electron chi connectivity index (χ2n) is 7.76. The van der Waals surface area contributed by atoms with E-state index in [2.05, 4.69) is 10.3 Å². The number of carbonyl (C=O) groups is 2. The molecule has 0 saturated heterocycles. The zero-order valence-corrected chi connectivity index (χ0v) is 17.3. The maximum atomic E-state index is 13.3. The number of aliphatic carboxylic acids is 1. The van der Waals surface area contributed by atoms with E-state index in [0.29, 0.717) is 15.6 Å². The van der Waals surface area contributed by atoms with Crippen molar-refractivity contribution < 1.29 is 14.7 Å². The molecular formula is C20H22Cl2N4O3. The largest absolute Gasteiger partial charge is 0.479 e. The van der Waals surface area contributed by atoms with E-state index in [9.17, 15) is 14.7 Å². The number of halogens is 2. The lowest BCUT2D eigenvalue weighted by Gasteiger charge is -2.29. The molecular weight excluding hydrogens is 415 g/mol. The Morgan fingerprint density at radius 2 is 1.72 bits per heavy atom. The molecule has 2 aliphatic carbocycles. The van der Waals surface area contributed by atoms with E-state index in [1.807, 2.05) is 0 Å². The van der Waals surface area contributed by atoms with Crippen molar-refractivity contribution in [3.8, 4) is 0 Å². The molecule has 2 saturated carbocycles. The number of rotatable bonds is 6. The van der Waals surface area contributed by atoms with Crippen molar-refractivity contribution in [1.29, 1.82) is 0 Å². The number of carboxylic acid groups (broad SMARTS) is 1. The van der Waals surface area contributed by atoms with Gasteiger partial charge in [0.25, 0.3) is 5.91 Å². The van der Waals surface area contributed by atoms with Crippen LogP contribution in [0, 0.1) is 0 Å². The van der Waals surface area contributed by atoms with E-state index in [4.69, 9.17) is 23.2 Å². The average molecular weight is 437 g/mol. The van der Waals surface area contributed by atoms with Crippen LogP contribution in [-0.2, 0) is 4.79 Å². The second-order valence-corrected chi connectivity index (χ2v) is 8.64. The summed E-state index contributed by atoms with van der Waals surface area (Å²) in [5.41, 5.74) is 0.539. The number of benzene rings is 1. The molecule has 154 valence electrons. The van der Waals surface area contributed by atoms with E-state index in [-0.39, 0.29) is 17.8 Å². The highest BCUT2D eigenvalue weighted by Crippen LogP contribution is 2.37. The van der Waals surface area contributed by atoms with Gasteiger partial charge in [0, 0.05) is 16.1 Å². The molecule has 1 heterocycles. The summed E-state index contributed by atoms with van der Waals surface area (Å²) in [5, 5.41) is 18.8. The molecule has 1 unspecified atom stereocenters. The number of aromatic nitrogens is 3. The molecule has 4 rings (SSSR count). The van der Waals surface area contributed by atoms with E-state index in [1.54, 1.807) is 10.9 Å². The summed E-state index contributed by atoms with van der Waals surface area (Å²) in [6.07, 6.45) is 8.68. The molecule has 29 heavy (non-hydrogen) atoms. The first kappa shape index (κ1) is 20.2. The monoisotopic (exact) mass is 436 g/mol. The van der Waals surface area contributed by atoms with Crippen LogP contribution < -0.4 is 0 Å². The summed E-state index contributed by atoms with van der Waals surface area (Å²) in [5.74, 6) is -1.57. The lowest BCUT2D eigenvalue weighted by molar-refractivity contribution is -0.142. The third-order valence-corrected chi connectivity index (χ3v) is 6.00. The van der Waals surface area contributed by atoms with Gasteiger partial charge < -0.3 is 10.0 Å². The molecule has 0 aliphatic heterocycles. The molecule has 0 radical (unpaired) electrons. The lowest BCUT2D eigenvalue weighted by Crippen LogP contribution is -2.40. The Morgan fingerprint density at radius 1 is 1.07 bits per heavy atom. The number of carbonyl (C=O) groups excluding carboxylic acids is 1. The Hall–Kier alpha value is -2.12. The van der Waals surface area contributed by atoms with Gasteiger partial charge in [-0.2, -0.15) is 0 Å². The van der Waals surface area contributed by atoms with Gasteiger partial charge in [0.15, 0.2) is 11.7 Å². The number of hydrogen-bond donors (Lipinski definition) is 1. The van der Waals surface area contributed by atoms with Crippen molar-refractivity contribution >= 4 is 35.1 Å². The van der Waals surface area contributed by atoms with Gasteiger partial charge in [-0.05, 0) is 49.4 Å². The molecule has 1 N–H and O–H groups in total. The minimum absolute atomic E-state index is 0.152. The van der Waals surface area contributed by atoms with Gasteiger partial charge in [-0.25, -0.2) is 9.48 Å².